The molecule has 0 aromatic heterocycles. The number of benzene rings is 2. The Morgan fingerprint density at radius 1 is 1.03 bits per heavy atom. The largest absolute Gasteiger partial charge is 0.490 e. The normalized spacial score (nSPS) is 20.4. The van der Waals surface area contributed by atoms with Gasteiger partial charge in [-0.15, -0.1) is 0 Å². The van der Waals surface area contributed by atoms with E-state index in [2.05, 4.69) is 29.4 Å². The molecular formula is C25H31N3O4. The fourth-order valence-corrected chi connectivity index (χ4v) is 4.33. The molecule has 2 fully saturated rings. The lowest BCUT2D eigenvalue weighted by molar-refractivity contribution is 0.00604. The second-order valence-electron chi connectivity index (χ2n) is 9.39. The fourth-order valence-electron chi connectivity index (χ4n) is 4.33. The van der Waals surface area contributed by atoms with Crippen molar-refractivity contribution in [2.24, 2.45) is 5.92 Å². The molecule has 2 aromatic carbocycles. The molecule has 0 bridgehead atoms. The first kappa shape index (κ1) is 22.1. The fraction of sp³-hybridized carbons (Fsp3) is 0.440. The van der Waals surface area contributed by atoms with Crippen LogP contribution in [0.5, 0.6) is 5.75 Å². The predicted molar refractivity (Wildman–Crippen MR) is 125 cm³/mol. The van der Waals surface area contributed by atoms with Gasteiger partial charge in [-0.05, 0) is 75.4 Å². The Bertz CT molecular complexity index is 969. The minimum Gasteiger partial charge on any atom is -0.490 e. The van der Waals surface area contributed by atoms with Crippen LogP contribution in [-0.4, -0.2) is 46.7 Å². The lowest BCUT2D eigenvalue weighted by atomic mass is 9.88. The van der Waals surface area contributed by atoms with Crippen molar-refractivity contribution < 1.29 is 19.4 Å². The summed E-state index contributed by atoms with van der Waals surface area (Å²) < 4.78 is 6.24. The van der Waals surface area contributed by atoms with Crippen molar-refractivity contribution in [3.63, 3.8) is 0 Å². The van der Waals surface area contributed by atoms with E-state index in [1.165, 1.54) is 19.4 Å². The van der Waals surface area contributed by atoms with E-state index in [1.54, 1.807) is 36.4 Å². The Morgan fingerprint density at radius 2 is 1.69 bits per heavy atom. The van der Waals surface area contributed by atoms with Gasteiger partial charge in [0.15, 0.2) is 0 Å². The van der Waals surface area contributed by atoms with E-state index in [9.17, 15) is 9.59 Å². The molecule has 4 rings (SSSR count). The summed E-state index contributed by atoms with van der Waals surface area (Å²) in [5, 5.41) is 14.0. The number of para-hydroxylation sites is 2. The highest BCUT2D eigenvalue weighted by Gasteiger charge is 2.38. The van der Waals surface area contributed by atoms with Crippen LogP contribution in [0.25, 0.3) is 0 Å². The van der Waals surface area contributed by atoms with Gasteiger partial charge in [-0.1, -0.05) is 12.1 Å². The summed E-state index contributed by atoms with van der Waals surface area (Å²) in [4.78, 5) is 26.2. The lowest BCUT2D eigenvalue weighted by Gasteiger charge is -2.45. The van der Waals surface area contributed by atoms with Crippen LogP contribution in [0, 0.1) is 5.92 Å². The SMILES string of the molecule is CC1(C)CC(Oc2ccc(C(=O)Nc3ccccc3NC(=O)O)cc2)CCN1CC1CC1. The molecule has 32 heavy (non-hydrogen) atoms. The van der Waals surface area contributed by atoms with Crippen molar-refractivity contribution in [2.45, 2.75) is 51.2 Å². The Balaban J connectivity index is 1.34. The number of likely N-dealkylation sites (tertiary alicyclic amines) is 1. The third-order valence-electron chi connectivity index (χ3n) is 6.32. The summed E-state index contributed by atoms with van der Waals surface area (Å²) in [7, 11) is 0. The van der Waals surface area contributed by atoms with Crippen LogP contribution < -0.4 is 15.4 Å². The van der Waals surface area contributed by atoms with Gasteiger partial charge in [0.2, 0.25) is 0 Å². The average Bonchev–Trinajstić information content (AvgIpc) is 3.55. The number of hydrogen-bond acceptors (Lipinski definition) is 4. The van der Waals surface area contributed by atoms with Gasteiger partial charge in [0.1, 0.15) is 11.9 Å². The molecule has 170 valence electrons. The Labute approximate surface area is 188 Å². The Kier molecular flexibility index (Phi) is 6.37. The van der Waals surface area contributed by atoms with E-state index in [4.69, 9.17) is 9.84 Å². The zero-order valence-corrected chi connectivity index (χ0v) is 18.6. The standard InChI is InChI=1S/C25H31N3O4/c1-25(2)15-20(13-14-28(25)16-17-7-8-17)32-19-11-9-18(10-12-19)23(29)26-21-5-3-4-6-22(21)27-24(30)31/h3-6,9-12,17,20,27H,7-8,13-16H2,1-2H3,(H,26,29)(H,30,31). The van der Waals surface area contributed by atoms with Crippen molar-refractivity contribution in [3.8, 4) is 5.75 Å². The number of nitrogens with zero attached hydrogens (tertiary/aromatic N) is 1. The number of carbonyl (C=O) groups excluding carboxylic acids is 1. The maximum atomic E-state index is 12.6. The Morgan fingerprint density at radius 3 is 2.28 bits per heavy atom. The van der Waals surface area contributed by atoms with Gasteiger partial charge < -0.3 is 15.2 Å². The van der Waals surface area contributed by atoms with Crippen LogP contribution in [0.2, 0.25) is 0 Å². The van der Waals surface area contributed by atoms with Crippen molar-refractivity contribution in [1.29, 1.82) is 0 Å². The van der Waals surface area contributed by atoms with Crippen LogP contribution in [0.4, 0.5) is 16.2 Å². The number of hydrogen-bond donors (Lipinski definition) is 3. The third-order valence-corrected chi connectivity index (χ3v) is 6.32. The highest BCUT2D eigenvalue weighted by Crippen LogP contribution is 2.36. The predicted octanol–water partition coefficient (Wildman–Crippen LogP) is 5.06. The number of carbonyl (C=O) groups is 2. The molecule has 1 aliphatic carbocycles. The molecule has 2 aliphatic rings. The second-order valence-corrected chi connectivity index (χ2v) is 9.39. The number of ether oxygens (including phenoxy) is 1. The van der Waals surface area contributed by atoms with Crippen LogP contribution in [0.3, 0.4) is 0 Å². The zero-order valence-electron chi connectivity index (χ0n) is 18.6. The van der Waals surface area contributed by atoms with E-state index < -0.39 is 6.09 Å². The maximum Gasteiger partial charge on any atom is 0.409 e. The van der Waals surface area contributed by atoms with E-state index in [1.807, 2.05) is 12.1 Å². The van der Waals surface area contributed by atoms with E-state index >= 15 is 0 Å². The molecule has 1 aliphatic heterocycles. The zero-order chi connectivity index (χ0) is 22.7. The summed E-state index contributed by atoms with van der Waals surface area (Å²) in [5.74, 6) is 1.33. The Hall–Kier alpha value is -3.06. The molecule has 1 saturated heterocycles. The van der Waals surface area contributed by atoms with E-state index in [-0.39, 0.29) is 17.6 Å². The maximum absolute atomic E-state index is 12.6. The van der Waals surface area contributed by atoms with Gasteiger partial charge in [-0.25, -0.2) is 4.79 Å². The van der Waals surface area contributed by atoms with Crippen molar-refractivity contribution in [2.75, 3.05) is 23.7 Å². The minimum absolute atomic E-state index is 0.128. The molecular weight excluding hydrogens is 406 g/mol. The van der Waals surface area contributed by atoms with Gasteiger partial charge in [0.05, 0.1) is 11.4 Å². The van der Waals surface area contributed by atoms with Crippen LogP contribution in [-0.2, 0) is 0 Å². The first-order valence-corrected chi connectivity index (χ1v) is 11.2. The topological polar surface area (TPSA) is 90.9 Å². The summed E-state index contributed by atoms with van der Waals surface area (Å²) in [6.45, 7) is 6.86. The second kappa shape index (κ2) is 9.20. The number of carboxylic acid groups (broad SMARTS) is 1. The van der Waals surface area contributed by atoms with Gasteiger partial charge >= 0.3 is 6.09 Å². The summed E-state index contributed by atoms with van der Waals surface area (Å²) in [6, 6.07) is 13.8. The molecule has 0 spiro atoms. The van der Waals surface area contributed by atoms with Crippen LogP contribution >= 0.6 is 0 Å². The molecule has 2 aromatic rings. The minimum atomic E-state index is -1.19. The molecule has 1 heterocycles. The molecule has 0 radical (unpaired) electrons. The highest BCUT2D eigenvalue weighted by atomic mass is 16.5. The molecule has 1 unspecified atom stereocenters. The number of nitrogens with one attached hydrogen (secondary N) is 2. The molecule has 3 N–H and O–H groups in total. The molecule has 7 heteroatoms. The third kappa shape index (κ3) is 5.59. The van der Waals surface area contributed by atoms with Crippen LogP contribution in [0.1, 0.15) is 49.9 Å². The summed E-state index contributed by atoms with van der Waals surface area (Å²) in [6.07, 6.45) is 3.70. The number of anilines is 2. The summed E-state index contributed by atoms with van der Waals surface area (Å²) >= 11 is 0. The van der Waals surface area contributed by atoms with E-state index in [0.29, 0.717) is 16.9 Å². The number of rotatable bonds is 7. The molecule has 7 nitrogen and oxygen atoms in total. The average molecular weight is 438 g/mol. The molecule has 1 atom stereocenters. The monoisotopic (exact) mass is 437 g/mol. The van der Waals surface area contributed by atoms with Crippen molar-refractivity contribution >= 4 is 23.4 Å². The van der Waals surface area contributed by atoms with Crippen molar-refractivity contribution in [3.05, 3.63) is 54.1 Å². The van der Waals surface area contributed by atoms with Gasteiger partial charge in [0, 0.05) is 30.6 Å². The van der Waals surface area contributed by atoms with Crippen LogP contribution in [0.15, 0.2) is 48.5 Å². The quantitative estimate of drug-likeness (QED) is 0.563. The van der Waals surface area contributed by atoms with Gasteiger partial charge in [-0.3, -0.25) is 15.0 Å². The first-order valence-electron chi connectivity index (χ1n) is 11.2. The lowest BCUT2D eigenvalue weighted by Crippen LogP contribution is -2.53. The van der Waals surface area contributed by atoms with Crippen molar-refractivity contribution in [1.82, 2.24) is 4.90 Å². The first-order chi connectivity index (χ1) is 15.3. The van der Waals surface area contributed by atoms with Gasteiger partial charge in [-0.2, -0.15) is 0 Å². The molecule has 2 amide bonds. The highest BCUT2D eigenvalue weighted by molar-refractivity contribution is 6.06. The molecule has 1 saturated carbocycles. The number of amides is 2. The number of piperidine rings is 1. The van der Waals surface area contributed by atoms with Gasteiger partial charge in [0.25, 0.3) is 5.91 Å². The smallest absolute Gasteiger partial charge is 0.409 e. The summed E-state index contributed by atoms with van der Waals surface area (Å²) in [5.41, 5.74) is 1.33. The van der Waals surface area contributed by atoms with E-state index in [0.717, 1.165) is 31.1 Å².